The lowest BCUT2D eigenvalue weighted by Gasteiger charge is -2.21. The fraction of sp³-hybridized carbons (Fsp3) is 0.267. The first kappa shape index (κ1) is 15.1. The van der Waals surface area contributed by atoms with E-state index < -0.39 is 0 Å². The molecule has 0 aliphatic carbocycles. The van der Waals surface area contributed by atoms with Gasteiger partial charge in [0.2, 0.25) is 0 Å². The highest BCUT2D eigenvalue weighted by molar-refractivity contribution is 6.42. The van der Waals surface area contributed by atoms with E-state index in [1.807, 2.05) is 32.0 Å². The summed E-state index contributed by atoms with van der Waals surface area (Å²) in [4.78, 5) is 4.23. The Morgan fingerprint density at radius 1 is 1.25 bits per heavy atom. The fourth-order valence-corrected chi connectivity index (χ4v) is 2.44. The van der Waals surface area contributed by atoms with E-state index in [9.17, 15) is 0 Å². The van der Waals surface area contributed by atoms with Crippen molar-refractivity contribution in [1.82, 2.24) is 10.3 Å². The Morgan fingerprint density at radius 2 is 2.00 bits per heavy atom. The van der Waals surface area contributed by atoms with Gasteiger partial charge in [-0.25, -0.2) is 4.98 Å². The van der Waals surface area contributed by atoms with Gasteiger partial charge in [0.15, 0.2) is 0 Å². The number of nitrogen functional groups attached to an aromatic ring is 1. The fourth-order valence-electron chi connectivity index (χ4n) is 2.14. The molecule has 0 amide bonds. The molecule has 2 aromatic rings. The Morgan fingerprint density at radius 3 is 2.65 bits per heavy atom. The van der Waals surface area contributed by atoms with E-state index >= 15 is 0 Å². The zero-order valence-electron chi connectivity index (χ0n) is 11.5. The molecule has 20 heavy (non-hydrogen) atoms. The third kappa shape index (κ3) is 3.23. The lowest BCUT2D eigenvalue weighted by molar-refractivity contribution is 0.630. The van der Waals surface area contributed by atoms with Crippen LogP contribution in [-0.2, 0) is 0 Å². The predicted molar refractivity (Wildman–Crippen MR) is 85.4 cm³/mol. The number of anilines is 1. The molecule has 106 valence electrons. The summed E-state index contributed by atoms with van der Waals surface area (Å²) in [6.45, 7) is 4.84. The number of hydrogen-bond acceptors (Lipinski definition) is 3. The van der Waals surface area contributed by atoms with E-state index in [-0.39, 0.29) is 6.04 Å². The van der Waals surface area contributed by atoms with Crippen LogP contribution in [0.4, 0.5) is 5.82 Å². The van der Waals surface area contributed by atoms with Crippen LogP contribution in [0.15, 0.2) is 30.5 Å². The van der Waals surface area contributed by atoms with Gasteiger partial charge >= 0.3 is 0 Å². The van der Waals surface area contributed by atoms with Gasteiger partial charge in [-0.05, 0) is 42.8 Å². The van der Waals surface area contributed by atoms with Crippen LogP contribution in [0.2, 0.25) is 10.0 Å². The number of hydrogen-bond donors (Lipinski definition) is 2. The lowest BCUT2D eigenvalue weighted by Crippen LogP contribution is -2.23. The van der Waals surface area contributed by atoms with Crippen molar-refractivity contribution in [2.75, 3.05) is 12.3 Å². The second-order valence-corrected chi connectivity index (χ2v) is 5.47. The Balaban J connectivity index is 2.49. The summed E-state index contributed by atoms with van der Waals surface area (Å²) in [5, 5.41) is 4.48. The van der Waals surface area contributed by atoms with Crippen LogP contribution in [-0.4, -0.2) is 11.5 Å². The third-order valence-corrected chi connectivity index (χ3v) is 3.82. The topological polar surface area (TPSA) is 50.9 Å². The number of aryl methyl sites for hydroxylation is 1. The maximum absolute atomic E-state index is 6.11. The van der Waals surface area contributed by atoms with Gasteiger partial charge in [-0.2, -0.15) is 0 Å². The summed E-state index contributed by atoms with van der Waals surface area (Å²) in [5.41, 5.74) is 9.05. The highest BCUT2D eigenvalue weighted by Gasteiger charge is 2.17. The monoisotopic (exact) mass is 309 g/mol. The molecule has 3 N–H and O–H groups in total. The minimum atomic E-state index is -0.0535. The van der Waals surface area contributed by atoms with Crippen LogP contribution >= 0.6 is 23.2 Å². The van der Waals surface area contributed by atoms with E-state index in [2.05, 4.69) is 10.3 Å². The third-order valence-electron chi connectivity index (χ3n) is 3.08. The van der Waals surface area contributed by atoms with Gasteiger partial charge in [-0.3, -0.25) is 0 Å². The highest BCUT2D eigenvalue weighted by Crippen LogP contribution is 2.30. The van der Waals surface area contributed by atoms with Crippen molar-refractivity contribution in [1.29, 1.82) is 0 Å². The Bertz CT molecular complexity index is 614. The Kier molecular flexibility index (Phi) is 4.86. The molecular formula is C15H17Cl2N3. The number of benzene rings is 1. The number of nitrogens with one attached hydrogen (secondary N) is 1. The predicted octanol–water partition coefficient (Wildman–Crippen LogP) is 3.98. The molecule has 5 heteroatoms. The van der Waals surface area contributed by atoms with Crippen molar-refractivity contribution >= 4 is 29.0 Å². The molecule has 3 nitrogen and oxygen atoms in total. The van der Waals surface area contributed by atoms with Crippen molar-refractivity contribution in [3.8, 4) is 0 Å². The Labute approximate surface area is 129 Å². The average Bonchev–Trinajstić information content (AvgIpc) is 2.42. The number of aromatic nitrogens is 1. The first-order chi connectivity index (χ1) is 9.52. The molecule has 2 rings (SSSR count). The largest absolute Gasteiger partial charge is 0.383 e. The molecule has 0 saturated heterocycles. The molecule has 0 saturated carbocycles. The number of rotatable bonds is 4. The average molecular weight is 310 g/mol. The van der Waals surface area contributed by atoms with Crippen LogP contribution in [0.5, 0.6) is 0 Å². The van der Waals surface area contributed by atoms with E-state index in [1.54, 1.807) is 12.3 Å². The molecule has 0 bridgehead atoms. The van der Waals surface area contributed by atoms with Crippen molar-refractivity contribution in [2.45, 2.75) is 19.9 Å². The van der Waals surface area contributed by atoms with Crippen LogP contribution in [0, 0.1) is 6.92 Å². The zero-order valence-corrected chi connectivity index (χ0v) is 13.0. The molecule has 0 fully saturated rings. The molecule has 1 heterocycles. The summed E-state index contributed by atoms with van der Waals surface area (Å²) < 4.78 is 0. The van der Waals surface area contributed by atoms with Gasteiger partial charge in [0.25, 0.3) is 0 Å². The van der Waals surface area contributed by atoms with Gasteiger partial charge in [-0.1, -0.05) is 36.2 Å². The van der Waals surface area contributed by atoms with Crippen molar-refractivity contribution < 1.29 is 0 Å². The van der Waals surface area contributed by atoms with Gasteiger partial charge in [-0.15, -0.1) is 0 Å². The van der Waals surface area contributed by atoms with Gasteiger partial charge < -0.3 is 11.1 Å². The summed E-state index contributed by atoms with van der Waals surface area (Å²) >= 11 is 12.1. The second-order valence-electron chi connectivity index (χ2n) is 4.65. The SMILES string of the molecule is CCNC(c1ccc(Cl)c(Cl)c1)c1cc(C)cnc1N. The second kappa shape index (κ2) is 6.44. The standard InChI is InChI=1S/C15H17Cl2N3/c1-3-19-14(10-4-5-12(16)13(17)7-10)11-6-9(2)8-20-15(11)18/h4-8,14,19H,3H2,1-2H3,(H2,18,20). The molecular weight excluding hydrogens is 293 g/mol. The van der Waals surface area contributed by atoms with E-state index in [4.69, 9.17) is 28.9 Å². The van der Waals surface area contributed by atoms with Crippen molar-refractivity contribution in [3.05, 3.63) is 57.2 Å². The molecule has 0 aliphatic rings. The molecule has 0 aliphatic heterocycles. The van der Waals surface area contributed by atoms with Crippen LogP contribution < -0.4 is 11.1 Å². The number of nitrogens with zero attached hydrogens (tertiary/aromatic N) is 1. The van der Waals surface area contributed by atoms with E-state index in [1.165, 1.54) is 0 Å². The van der Waals surface area contributed by atoms with Gasteiger partial charge in [0.1, 0.15) is 5.82 Å². The smallest absolute Gasteiger partial charge is 0.128 e. The van der Waals surface area contributed by atoms with Crippen molar-refractivity contribution in [3.63, 3.8) is 0 Å². The lowest BCUT2D eigenvalue weighted by atomic mass is 9.98. The summed E-state index contributed by atoms with van der Waals surface area (Å²) in [5.74, 6) is 0.521. The highest BCUT2D eigenvalue weighted by atomic mass is 35.5. The van der Waals surface area contributed by atoms with Gasteiger partial charge in [0.05, 0.1) is 16.1 Å². The Hall–Kier alpha value is -1.29. The number of pyridine rings is 1. The minimum absolute atomic E-state index is 0.0535. The van der Waals surface area contributed by atoms with E-state index in [0.717, 1.165) is 23.2 Å². The van der Waals surface area contributed by atoms with Crippen molar-refractivity contribution in [2.24, 2.45) is 0 Å². The molecule has 0 spiro atoms. The van der Waals surface area contributed by atoms with Crippen LogP contribution in [0.3, 0.4) is 0 Å². The first-order valence-corrected chi connectivity index (χ1v) is 7.19. The maximum Gasteiger partial charge on any atom is 0.128 e. The summed E-state index contributed by atoms with van der Waals surface area (Å²) in [6.07, 6.45) is 1.76. The van der Waals surface area contributed by atoms with Gasteiger partial charge in [0, 0.05) is 11.8 Å². The summed E-state index contributed by atoms with van der Waals surface area (Å²) in [7, 11) is 0. The molecule has 1 unspecified atom stereocenters. The molecule has 1 atom stereocenters. The van der Waals surface area contributed by atoms with Crippen LogP contribution in [0.25, 0.3) is 0 Å². The first-order valence-electron chi connectivity index (χ1n) is 6.43. The number of halogens is 2. The summed E-state index contributed by atoms with van der Waals surface area (Å²) in [6, 6.07) is 7.59. The molecule has 1 aromatic heterocycles. The normalized spacial score (nSPS) is 12.4. The zero-order chi connectivity index (χ0) is 14.7. The minimum Gasteiger partial charge on any atom is -0.383 e. The quantitative estimate of drug-likeness (QED) is 0.898. The van der Waals surface area contributed by atoms with Crippen LogP contribution in [0.1, 0.15) is 29.7 Å². The number of nitrogens with two attached hydrogens (primary N) is 1. The molecule has 0 radical (unpaired) electrons. The van der Waals surface area contributed by atoms with E-state index in [0.29, 0.717) is 15.9 Å². The maximum atomic E-state index is 6.11. The molecule has 1 aromatic carbocycles.